The first-order valence-electron chi connectivity index (χ1n) is 9.48. The number of aryl methyl sites for hydroxylation is 1. The van der Waals surface area contributed by atoms with Crippen LogP contribution in [0.2, 0.25) is 5.02 Å². The molecule has 0 aliphatic heterocycles. The van der Waals surface area contributed by atoms with E-state index in [1.54, 1.807) is 20.8 Å². The Morgan fingerprint density at radius 1 is 1.12 bits per heavy atom. The molecule has 0 radical (unpaired) electrons. The molecular weight excluding hydrogens is 470 g/mol. The molecule has 0 heterocycles. The van der Waals surface area contributed by atoms with Crippen molar-refractivity contribution >= 4 is 36.6 Å². The first-order valence-corrected chi connectivity index (χ1v) is 11.0. The van der Waals surface area contributed by atoms with E-state index in [1.807, 2.05) is 6.92 Å². The van der Waals surface area contributed by atoms with Gasteiger partial charge in [0.25, 0.3) is 5.30 Å². The van der Waals surface area contributed by atoms with Gasteiger partial charge in [-0.25, -0.2) is 0 Å². The summed E-state index contributed by atoms with van der Waals surface area (Å²) in [4.78, 5) is 11.8. The molecule has 0 fully saturated rings. The van der Waals surface area contributed by atoms with Gasteiger partial charge in [0.05, 0.1) is 21.7 Å². The number of nitrogen functional groups attached to an aromatic ring is 1. The summed E-state index contributed by atoms with van der Waals surface area (Å²) in [6.45, 7) is 6.26. The summed E-state index contributed by atoms with van der Waals surface area (Å²) in [6.07, 6.45) is -4.07. The molecule has 32 heavy (non-hydrogen) atoms. The topological polar surface area (TPSA) is 87.9 Å². The number of nitrogens with two attached hydrogens (primary N) is 1. The highest BCUT2D eigenvalue weighted by atomic mass is 35.5. The first-order chi connectivity index (χ1) is 14.7. The fourth-order valence-corrected chi connectivity index (χ4v) is 3.46. The van der Waals surface area contributed by atoms with Gasteiger partial charge in [0.15, 0.2) is 0 Å². The van der Waals surface area contributed by atoms with Crippen molar-refractivity contribution in [2.75, 3.05) is 12.5 Å². The Labute approximate surface area is 189 Å². The summed E-state index contributed by atoms with van der Waals surface area (Å²) < 4.78 is 66.9. The summed E-state index contributed by atoms with van der Waals surface area (Å²) >= 11 is 5.97. The molecule has 11 heteroatoms. The van der Waals surface area contributed by atoms with Gasteiger partial charge in [0.1, 0.15) is 11.5 Å². The molecule has 2 rings (SSSR count). The van der Waals surface area contributed by atoms with Gasteiger partial charge in [-0.3, -0.25) is 4.79 Å². The smallest absolute Gasteiger partial charge is 0.455 e. The van der Waals surface area contributed by atoms with E-state index >= 15 is 0 Å². The van der Waals surface area contributed by atoms with E-state index in [9.17, 15) is 22.5 Å². The zero-order valence-electron chi connectivity index (χ0n) is 17.9. The molecule has 6 nitrogen and oxygen atoms in total. The van der Waals surface area contributed by atoms with Gasteiger partial charge in [-0.1, -0.05) is 23.0 Å². The van der Waals surface area contributed by atoms with E-state index < -0.39 is 37.9 Å². The number of halogens is 4. The highest BCUT2D eigenvalue weighted by Crippen LogP contribution is 2.38. The normalized spacial score (nSPS) is 12.4. The Kier molecular flexibility index (Phi) is 8.15. The second-order valence-electron chi connectivity index (χ2n) is 7.80. The number of alkyl halides is 3. The molecule has 174 valence electrons. The Morgan fingerprint density at radius 3 is 2.31 bits per heavy atom. The monoisotopic (exact) mass is 492 g/mol. The number of rotatable bonds is 7. The molecular formula is C21H23ClF3NO5P+. The van der Waals surface area contributed by atoms with Gasteiger partial charge >= 0.3 is 20.2 Å². The Balaban J connectivity index is 2.25. The number of benzene rings is 2. The third-order valence-electron chi connectivity index (χ3n) is 4.24. The SMILES string of the molecule is CCc1cc(N)c([P+](=O)OCOC(=O)C(C)(C)C)cc1Oc1ccc(C(F)(F)F)cc1Cl. The quantitative estimate of drug-likeness (QED) is 0.213. The van der Waals surface area contributed by atoms with Crippen molar-refractivity contribution in [3.63, 3.8) is 0 Å². The van der Waals surface area contributed by atoms with E-state index in [1.165, 1.54) is 12.1 Å². The third kappa shape index (κ3) is 6.58. The third-order valence-corrected chi connectivity index (χ3v) is 5.65. The highest BCUT2D eigenvalue weighted by molar-refractivity contribution is 7.48. The van der Waals surface area contributed by atoms with Crippen LogP contribution < -0.4 is 15.8 Å². The van der Waals surface area contributed by atoms with Crippen LogP contribution in [-0.2, 0) is 31.2 Å². The van der Waals surface area contributed by atoms with Gasteiger partial charge in [-0.05, 0) is 61.6 Å². The summed E-state index contributed by atoms with van der Waals surface area (Å²) in [5, 5.41) is -0.156. The number of hydrogen-bond donors (Lipinski definition) is 1. The zero-order chi connectivity index (χ0) is 24.3. The zero-order valence-corrected chi connectivity index (χ0v) is 19.5. The van der Waals surface area contributed by atoms with Crippen molar-refractivity contribution < 1.29 is 36.5 Å². The van der Waals surface area contributed by atoms with Gasteiger partial charge in [-0.2, -0.15) is 13.2 Å². The van der Waals surface area contributed by atoms with Crippen LogP contribution in [0, 0.1) is 5.41 Å². The van der Waals surface area contributed by atoms with Crippen molar-refractivity contribution in [3.05, 3.63) is 46.5 Å². The Hall–Kier alpha value is -2.35. The van der Waals surface area contributed by atoms with Crippen molar-refractivity contribution in [1.29, 1.82) is 0 Å². The lowest BCUT2D eigenvalue weighted by Crippen LogP contribution is -2.23. The molecule has 1 unspecified atom stereocenters. The molecule has 0 bridgehead atoms. The summed E-state index contributed by atoms with van der Waals surface area (Å²) in [5.74, 6) is -0.339. The van der Waals surface area contributed by atoms with Crippen LogP contribution in [0.25, 0.3) is 0 Å². The Bertz CT molecular complexity index is 1020. The molecule has 0 saturated carbocycles. The minimum Gasteiger partial charge on any atom is -0.455 e. The molecule has 0 amide bonds. The van der Waals surface area contributed by atoms with Gasteiger partial charge in [0.2, 0.25) is 6.79 Å². The number of hydrogen-bond acceptors (Lipinski definition) is 6. The highest BCUT2D eigenvalue weighted by Gasteiger charge is 2.32. The van der Waals surface area contributed by atoms with Crippen molar-refractivity contribution in [1.82, 2.24) is 0 Å². The lowest BCUT2D eigenvalue weighted by Gasteiger charge is -2.15. The number of carbonyl (C=O) groups is 1. The van der Waals surface area contributed by atoms with Crippen LogP contribution in [0.1, 0.15) is 38.8 Å². The van der Waals surface area contributed by atoms with E-state index in [0.717, 1.165) is 18.2 Å². The van der Waals surface area contributed by atoms with Gasteiger partial charge in [-0.15, -0.1) is 0 Å². The molecule has 1 atom stereocenters. The standard InChI is InChI=1S/C21H23ClF3NO5P/c1-5-12-8-15(26)18(32(28)30-11-29-19(27)20(2,3)4)10-17(12)31-16-7-6-13(9-14(16)22)21(23,24)25/h6-10H,5,11,26H2,1-4H3/q+1. The molecule has 0 spiro atoms. The minimum atomic E-state index is -4.54. The summed E-state index contributed by atoms with van der Waals surface area (Å²) in [7, 11) is -2.51. The summed E-state index contributed by atoms with van der Waals surface area (Å²) in [6, 6.07) is 5.60. The lowest BCUT2D eigenvalue weighted by molar-refractivity contribution is -0.159. The van der Waals surface area contributed by atoms with Crippen LogP contribution in [0.3, 0.4) is 0 Å². The van der Waals surface area contributed by atoms with Crippen LogP contribution in [0.4, 0.5) is 18.9 Å². The fourth-order valence-electron chi connectivity index (χ4n) is 2.45. The minimum absolute atomic E-state index is 0.0136. The maximum absolute atomic E-state index is 12.9. The predicted molar refractivity (Wildman–Crippen MR) is 115 cm³/mol. The molecule has 2 aromatic rings. The van der Waals surface area contributed by atoms with Crippen molar-refractivity contribution in [2.24, 2.45) is 5.41 Å². The fraction of sp³-hybridized carbons (Fsp3) is 0.381. The van der Waals surface area contributed by atoms with Gasteiger partial charge in [0, 0.05) is 6.07 Å². The van der Waals surface area contributed by atoms with E-state index in [-0.39, 0.29) is 27.5 Å². The van der Waals surface area contributed by atoms with Crippen LogP contribution in [0.15, 0.2) is 30.3 Å². The maximum atomic E-state index is 12.9. The predicted octanol–water partition coefficient (Wildman–Crippen LogP) is 6.23. The molecule has 2 N–H and O–H groups in total. The molecule has 0 saturated heterocycles. The number of esters is 1. The Morgan fingerprint density at radius 2 is 1.78 bits per heavy atom. The van der Waals surface area contributed by atoms with Crippen molar-refractivity contribution in [2.45, 2.75) is 40.3 Å². The first kappa shape index (κ1) is 25.9. The molecule has 0 aliphatic rings. The van der Waals surface area contributed by atoms with Crippen molar-refractivity contribution in [3.8, 4) is 11.5 Å². The van der Waals surface area contributed by atoms with Gasteiger partial charge < -0.3 is 15.2 Å². The molecule has 0 aromatic heterocycles. The number of anilines is 1. The van der Waals surface area contributed by atoms with Crippen LogP contribution in [0.5, 0.6) is 11.5 Å². The second-order valence-corrected chi connectivity index (χ2v) is 9.46. The van der Waals surface area contributed by atoms with E-state index in [2.05, 4.69) is 0 Å². The number of carbonyl (C=O) groups excluding carboxylic acids is 1. The maximum Gasteiger partial charge on any atom is 0.554 e. The average Bonchev–Trinajstić information content (AvgIpc) is 2.68. The molecule has 2 aromatic carbocycles. The largest absolute Gasteiger partial charge is 0.554 e. The number of ether oxygens (including phenoxy) is 2. The summed E-state index contributed by atoms with van der Waals surface area (Å²) in [5.41, 5.74) is 5.10. The van der Waals surface area contributed by atoms with Crippen LogP contribution in [-0.4, -0.2) is 12.8 Å². The molecule has 0 aliphatic carbocycles. The van der Waals surface area contributed by atoms with E-state index in [4.69, 9.17) is 31.3 Å². The van der Waals surface area contributed by atoms with Crippen LogP contribution >= 0.6 is 19.6 Å². The van der Waals surface area contributed by atoms with E-state index in [0.29, 0.717) is 12.0 Å². The average molecular weight is 493 g/mol. The lowest BCUT2D eigenvalue weighted by atomic mass is 9.98. The second kappa shape index (κ2) is 10.1.